The molecule has 0 bridgehead atoms. The Labute approximate surface area is 124 Å². The zero-order valence-corrected chi connectivity index (χ0v) is 12.5. The normalized spacial score (nSPS) is 10.0. The summed E-state index contributed by atoms with van der Waals surface area (Å²) in [6.45, 7) is 0.523. The molecule has 0 saturated carbocycles. The zero-order chi connectivity index (χ0) is 15.2. The number of aromatic nitrogens is 1. The zero-order valence-electron chi connectivity index (χ0n) is 12.5. The van der Waals surface area contributed by atoms with Gasteiger partial charge in [-0.1, -0.05) is 18.2 Å². The van der Waals surface area contributed by atoms with Gasteiger partial charge in [-0.15, -0.1) is 0 Å². The van der Waals surface area contributed by atoms with Crippen molar-refractivity contribution in [3.63, 3.8) is 0 Å². The molecule has 0 unspecified atom stereocenters. The standard InChI is InChI=1S/C16H19N3O2/c1-19(2)16(20)13-8-4-5-9-14(13)17-11-12-7-6-10-15(18-12)21-3/h4-10,17H,11H2,1-3H3. The number of ether oxygens (including phenoxy) is 1. The van der Waals surface area contributed by atoms with Crippen LogP contribution in [0.2, 0.25) is 0 Å². The molecule has 0 aliphatic carbocycles. The van der Waals surface area contributed by atoms with Crippen molar-refractivity contribution in [3.05, 3.63) is 53.7 Å². The molecule has 0 atom stereocenters. The Balaban J connectivity index is 2.14. The van der Waals surface area contributed by atoms with Gasteiger partial charge in [0.05, 0.1) is 24.9 Å². The SMILES string of the molecule is COc1cccc(CNc2ccccc2C(=O)N(C)C)n1. The van der Waals surface area contributed by atoms with Crippen LogP contribution in [-0.2, 0) is 6.54 Å². The molecule has 0 fully saturated rings. The molecule has 5 heteroatoms. The summed E-state index contributed by atoms with van der Waals surface area (Å²) in [7, 11) is 5.07. The monoisotopic (exact) mass is 285 g/mol. The minimum Gasteiger partial charge on any atom is -0.481 e. The lowest BCUT2D eigenvalue weighted by Gasteiger charge is -2.15. The smallest absolute Gasteiger partial charge is 0.255 e. The first-order chi connectivity index (χ1) is 10.1. The van der Waals surface area contributed by atoms with E-state index in [2.05, 4.69) is 10.3 Å². The first-order valence-corrected chi connectivity index (χ1v) is 6.66. The molecule has 0 saturated heterocycles. The van der Waals surface area contributed by atoms with Gasteiger partial charge in [-0.05, 0) is 18.2 Å². The highest BCUT2D eigenvalue weighted by Gasteiger charge is 2.12. The average molecular weight is 285 g/mol. The second-order valence-corrected chi connectivity index (χ2v) is 4.77. The van der Waals surface area contributed by atoms with E-state index in [1.165, 1.54) is 0 Å². The molecule has 2 aromatic rings. The summed E-state index contributed by atoms with van der Waals surface area (Å²) in [6.07, 6.45) is 0. The lowest BCUT2D eigenvalue weighted by atomic mass is 10.1. The maximum Gasteiger partial charge on any atom is 0.255 e. The van der Waals surface area contributed by atoms with Gasteiger partial charge in [0.15, 0.2) is 0 Å². The maximum absolute atomic E-state index is 12.1. The molecule has 1 amide bonds. The van der Waals surface area contributed by atoms with Gasteiger partial charge in [0.1, 0.15) is 0 Å². The van der Waals surface area contributed by atoms with Crippen LogP contribution >= 0.6 is 0 Å². The number of hydrogen-bond acceptors (Lipinski definition) is 4. The van der Waals surface area contributed by atoms with Crippen molar-refractivity contribution >= 4 is 11.6 Å². The van der Waals surface area contributed by atoms with Crippen LogP contribution in [0.15, 0.2) is 42.5 Å². The third-order valence-corrected chi connectivity index (χ3v) is 3.01. The molecular weight excluding hydrogens is 266 g/mol. The number of amides is 1. The predicted molar refractivity (Wildman–Crippen MR) is 82.6 cm³/mol. The molecule has 0 spiro atoms. The highest BCUT2D eigenvalue weighted by Crippen LogP contribution is 2.17. The van der Waals surface area contributed by atoms with E-state index in [4.69, 9.17) is 4.74 Å². The second-order valence-electron chi connectivity index (χ2n) is 4.77. The predicted octanol–water partition coefficient (Wildman–Crippen LogP) is 2.40. The van der Waals surface area contributed by atoms with Crippen molar-refractivity contribution in [1.29, 1.82) is 0 Å². The van der Waals surface area contributed by atoms with E-state index in [0.29, 0.717) is 18.0 Å². The molecular formula is C16H19N3O2. The number of methoxy groups -OCH3 is 1. The van der Waals surface area contributed by atoms with E-state index < -0.39 is 0 Å². The number of anilines is 1. The fraction of sp³-hybridized carbons (Fsp3) is 0.250. The summed E-state index contributed by atoms with van der Waals surface area (Å²) in [5.74, 6) is 0.545. The average Bonchev–Trinajstić information content (AvgIpc) is 2.52. The van der Waals surface area contributed by atoms with Gasteiger partial charge >= 0.3 is 0 Å². The summed E-state index contributed by atoms with van der Waals surface area (Å²) < 4.78 is 5.10. The number of carbonyl (C=O) groups excluding carboxylic acids is 1. The number of rotatable bonds is 5. The molecule has 21 heavy (non-hydrogen) atoms. The van der Waals surface area contributed by atoms with Crippen molar-refractivity contribution in [2.24, 2.45) is 0 Å². The van der Waals surface area contributed by atoms with Crippen LogP contribution in [0.5, 0.6) is 5.88 Å². The number of carbonyl (C=O) groups is 1. The lowest BCUT2D eigenvalue weighted by molar-refractivity contribution is 0.0828. The van der Waals surface area contributed by atoms with Gasteiger partial charge in [0.25, 0.3) is 5.91 Å². The summed E-state index contributed by atoms with van der Waals surface area (Å²) in [4.78, 5) is 18.0. The highest BCUT2D eigenvalue weighted by atomic mass is 16.5. The molecule has 5 nitrogen and oxygen atoms in total. The fourth-order valence-corrected chi connectivity index (χ4v) is 1.92. The lowest BCUT2D eigenvalue weighted by Crippen LogP contribution is -2.22. The van der Waals surface area contributed by atoms with Gasteiger partial charge in [-0.2, -0.15) is 0 Å². The fourth-order valence-electron chi connectivity index (χ4n) is 1.92. The minimum absolute atomic E-state index is 0.0308. The number of nitrogens with zero attached hydrogens (tertiary/aromatic N) is 2. The van der Waals surface area contributed by atoms with Gasteiger partial charge in [0.2, 0.25) is 5.88 Å². The molecule has 1 N–H and O–H groups in total. The summed E-state index contributed by atoms with van der Waals surface area (Å²) >= 11 is 0. The Morgan fingerprint density at radius 2 is 1.95 bits per heavy atom. The molecule has 2 rings (SSSR count). The van der Waals surface area contributed by atoms with Crippen LogP contribution in [0, 0.1) is 0 Å². The van der Waals surface area contributed by atoms with Crippen molar-refractivity contribution in [2.75, 3.05) is 26.5 Å². The van der Waals surface area contributed by atoms with E-state index in [0.717, 1.165) is 11.4 Å². The van der Waals surface area contributed by atoms with E-state index in [-0.39, 0.29) is 5.91 Å². The third kappa shape index (κ3) is 3.72. The van der Waals surface area contributed by atoms with Crippen LogP contribution in [0.25, 0.3) is 0 Å². The number of benzene rings is 1. The molecule has 0 aliphatic rings. The van der Waals surface area contributed by atoms with Gasteiger partial charge in [-0.25, -0.2) is 4.98 Å². The molecule has 110 valence electrons. The van der Waals surface area contributed by atoms with E-state index in [9.17, 15) is 4.79 Å². The van der Waals surface area contributed by atoms with Crippen molar-refractivity contribution < 1.29 is 9.53 Å². The van der Waals surface area contributed by atoms with Crippen molar-refractivity contribution in [2.45, 2.75) is 6.54 Å². The second kappa shape index (κ2) is 6.74. The largest absolute Gasteiger partial charge is 0.481 e. The first kappa shape index (κ1) is 14.8. The Hall–Kier alpha value is -2.56. The number of hydrogen-bond donors (Lipinski definition) is 1. The van der Waals surface area contributed by atoms with E-state index >= 15 is 0 Å². The molecule has 1 aromatic carbocycles. The summed E-state index contributed by atoms with van der Waals surface area (Å²) in [6, 6.07) is 13.0. The molecule has 1 aromatic heterocycles. The molecule has 1 heterocycles. The quantitative estimate of drug-likeness (QED) is 0.916. The number of nitrogens with one attached hydrogen (secondary N) is 1. The summed E-state index contributed by atoms with van der Waals surface area (Å²) in [5.41, 5.74) is 2.28. The Bertz CT molecular complexity index is 626. The van der Waals surface area contributed by atoms with Crippen LogP contribution in [0.4, 0.5) is 5.69 Å². The Morgan fingerprint density at radius 3 is 2.67 bits per heavy atom. The van der Waals surface area contributed by atoms with Crippen molar-refractivity contribution in [1.82, 2.24) is 9.88 Å². The van der Waals surface area contributed by atoms with Crippen LogP contribution in [0.1, 0.15) is 16.1 Å². The topological polar surface area (TPSA) is 54.5 Å². The van der Waals surface area contributed by atoms with Crippen LogP contribution in [-0.4, -0.2) is 37.0 Å². The molecule has 0 aliphatic heterocycles. The van der Waals surface area contributed by atoms with Gasteiger partial charge in [-0.3, -0.25) is 4.79 Å². The van der Waals surface area contributed by atoms with E-state index in [1.807, 2.05) is 36.4 Å². The van der Waals surface area contributed by atoms with Crippen LogP contribution < -0.4 is 10.1 Å². The molecule has 0 radical (unpaired) electrons. The van der Waals surface area contributed by atoms with Gasteiger partial charge in [0, 0.05) is 25.8 Å². The van der Waals surface area contributed by atoms with E-state index in [1.54, 1.807) is 32.2 Å². The number of pyridine rings is 1. The van der Waals surface area contributed by atoms with Crippen LogP contribution in [0.3, 0.4) is 0 Å². The first-order valence-electron chi connectivity index (χ1n) is 6.66. The Kier molecular flexibility index (Phi) is 4.77. The third-order valence-electron chi connectivity index (χ3n) is 3.01. The minimum atomic E-state index is -0.0308. The number of para-hydroxylation sites is 1. The Morgan fingerprint density at radius 1 is 1.19 bits per heavy atom. The maximum atomic E-state index is 12.1. The van der Waals surface area contributed by atoms with Gasteiger partial charge < -0.3 is 15.0 Å². The summed E-state index contributed by atoms with van der Waals surface area (Å²) in [5, 5.41) is 3.25. The van der Waals surface area contributed by atoms with Crippen molar-refractivity contribution in [3.8, 4) is 5.88 Å². The highest BCUT2D eigenvalue weighted by molar-refractivity contribution is 5.99.